The highest BCUT2D eigenvalue weighted by Gasteiger charge is 2.08. The van der Waals surface area contributed by atoms with Gasteiger partial charge in [0, 0.05) is 25.0 Å². The third-order valence-corrected chi connectivity index (χ3v) is 2.29. The first kappa shape index (κ1) is 10.7. The van der Waals surface area contributed by atoms with Gasteiger partial charge in [0.2, 0.25) is 5.91 Å². The van der Waals surface area contributed by atoms with E-state index in [0.717, 1.165) is 11.3 Å². The van der Waals surface area contributed by atoms with Crippen molar-refractivity contribution in [1.82, 2.24) is 9.38 Å². The van der Waals surface area contributed by atoms with Crippen molar-refractivity contribution in [3.8, 4) is 0 Å². The lowest BCUT2D eigenvalue weighted by molar-refractivity contribution is -0.116. The van der Waals surface area contributed by atoms with Gasteiger partial charge in [-0.2, -0.15) is 0 Å². The van der Waals surface area contributed by atoms with Crippen LogP contribution in [0, 0.1) is 5.92 Å². The third kappa shape index (κ3) is 2.21. The summed E-state index contributed by atoms with van der Waals surface area (Å²) in [5, 5.41) is 2.88. The van der Waals surface area contributed by atoms with Gasteiger partial charge in [0.1, 0.15) is 0 Å². The van der Waals surface area contributed by atoms with Crippen molar-refractivity contribution in [2.24, 2.45) is 5.92 Å². The van der Waals surface area contributed by atoms with Crippen LogP contribution in [-0.4, -0.2) is 15.3 Å². The Morgan fingerprint density at radius 1 is 1.50 bits per heavy atom. The molecule has 0 bridgehead atoms. The van der Waals surface area contributed by atoms with E-state index in [1.807, 2.05) is 42.8 Å². The number of amides is 1. The summed E-state index contributed by atoms with van der Waals surface area (Å²) in [6.45, 7) is 4.05. The molecule has 1 N–H and O–H groups in total. The maximum Gasteiger partial charge on any atom is 0.224 e. The van der Waals surface area contributed by atoms with E-state index in [1.54, 1.807) is 6.20 Å². The maximum absolute atomic E-state index is 11.6. The summed E-state index contributed by atoms with van der Waals surface area (Å²) in [5.74, 6) is 0.394. The van der Waals surface area contributed by atoms with E-state index in [1.165, 1.54) is 0 Å². The van der Waals surface area contributed by atoms with Crippen LogP contribution in [-0.2, 0) is 4.79 Å². The molecule has 0 aliphatic heterocycles. The van der Waals surface area contributed by atoms with Crippen molar-refractivity contribution in [3.05, 3.63) is 30.7 Å². The second kappa shape index (κ2) is 4.35. The Balaban J connectivity index is 2.20. The van der Waals surface area contributed by atoms with E-state index in [-0.39, 0.29) is 5.91 Å². The Bertz CT molecular complexity index is 502. The molecule has 0 saturated heterocycles. The van der Waals surface area contributed by atoms with Gasteiger partial charge in [-0.25, -0.2) is 4.98 Å². The van der Waals surface area contributed by atoms with Crippen LogP contribution < -0.4 is 5.32 Å². The van der Waals surface area contributed by atoms with Crippen LogP contribution in [0.15, 0.2) is 30.7 Å². The van der Waals surface area contributed by atoms with Crippen LogP contribution in [0.2, 0.25) is 0 Å². The summed E-state index contributed by atoms with van der Waals surface area (Å²) in [5.41, 5.74) is 1.54. The van der Waals surface area contributed by atoms with Crippen LogP contribution >= 0.6 is 0 Å². The Morgan fingerprint density at radius 3 is 3.06 bits per heavy atom. The number of anilines is 1. The molecule has 2 aromatic rings. The predicted molar refractivity (Wildman–Crippen MR) is 63.3 cm³/mol. The van der Waals surface area contributed by atoms with Crippen LogP contribution in [0.5, 0.6) is 0 Å². The standard InChI is InChI=1S/C12H15N3O/c1-9(2)8-11(16)14-10-4-3-6-15-7-5-13-12(10)15/h3-7,9H,8H2,1-2H3,(H,14,16). The molecular formula is C12H15N3O. The zero-order valence-electron chi connectivity index (χ0n) is 9.47. The summed E-state index contributed by atoms with van der Waals surface area (Å²) < 4.78 is 1.88. The van der Waals surface area contributed by atoms with Gasteiger partial charge in [-0.05, 0) is 18.1 Å². The minimum Gasteiger partial charge on any atom is -0.323 e. The summed E-state index contributed by atoms with van der Waals surface area (Å²) in [7, 11) is 0. The molecule has 2 rings (SSSR count). The van der Waals surface area contributed by atoms with Crippen molar-refractivity contribution < 1.29 is 4.79 Å². The lowest BCUT2D eigenvalue weighted by Gasteiger charge is -2.07. The first-order valence-corrected chi connectivity index (χ1v) is 5.38. The number of fused-ring (bicyclic) bond motifs is 1. The van der Waals surface area contributed by atoms with Crippen LogP contribution in [0.3, 0.4) is 0 Å². The molecule has 84 valence electrons. The highest BCUT2D eigenvalue weighted by Crippen LogP contribution is 2.15. The van der Waals surface area contributed by atoms with Crippen LogP contribution in [0.1, 0.15) is 20.3 Å². The summed E-state index contributed by atoms with van der Waals surface area (Å²) in [4.78, 5) is 15.8. The highest BCUT2D eigenvalue weighted by molar-refractivity contribution is 5.94. The number of nitrogens with one attached hydrogen (secondary N) is 1. The first-order chi connectivity index (χ1) is 7.66. The van der Waals surface area contributed by atoms with Crippen molar-refractivity contribution in [2.45, 2.75) is 20.3 Å². The second-order valence-corrected chi connectivity index (χ2v) is 4.23. The number of hydrogen-bond donors (Lipinski definition) is 1. The molecule has 0 unspecified atom stereocenters. The topological polar surface area (TPSA) is 46.4 Å². The molecular weight excluding hydrogens is 202 g/mol. The summed E-state index contributed by atoms with van der Waals surface area (Å²) >= 11 is 0. The number of rotatable bonds is 3. The molecule has 4 heteroatoms. The third-order valence-electron chi connectivity index (χ3n) is 2.29. The average molecular weight is 217 g/mol. The molecule has 0 aliphatic carbocycles. The summed E-state index contributed by atoms with van der Waals surface area (Å²) in [6.07, 6.45) is 6.00. The van der Waals surface area contributed by atoms with E-state index in [9.17, 15) is 4.79 Å². The number of hydrogen-bond acceptors (Lipinski definition) is 2. The van der Waals surface area contributed by atoms with E-state index in [2.05, 4.69) is 10.3 Å². The molecule has 0 radical (unpaired) electrons. The number of imidazole rings is 1. The smallest absolute Gasteiger partial charge is 0.224 e. The van der Waals surface area contributed by atoms with Gasteiger partial charge in [-0.15, -0.1) is 0 Å². The van der Waals surface area contributed by atoms with E-state index in [4.69, 9.17) is 0 Å². The van der Waals surface area contributed by atoms with Crippen molar-refractivity contribution >= 4 is 17.2 Å². The highest BCUT2D eigenvalue weighted by atomic mass is 16.1. The van der Waals surface area contributed by atoms with Gasteiger partial charge >= 0.3 is 0 Å². The Morgan fingerprint density at radius 2 is 2.31 bits per heavy atom. The zero-order chi connectivity index (χ0) is 11.5. The zero-order valence-corrected chi connectivity index (χ0v) is 9.47. The SMILES string of the molecule is CC(C)CC(=O)Nc1cccn2ccnc12. The molecule has 0 aliphatic rings. The second-order valence-electron chi connectivity index (χ2n) is 4.23. The summed E-state index contributed by atoms with van der Waals surface area (Å²) in [6, 6.07) is 3.75. The molecule has 0 atom stereocenters. The normalized spacial score (nSPS) is 10.9. The molecule has 0 spiro atoms. The quantitative estimate of drug-likeness (QED) is 0.857. The van der Waals surface area contributed by atoms with Crippen molar-refractivity contribution in [2.75, 3.05) is 5.32 Å². The molecule has 2 heterocycles. The molecule has 2 aromatic heterocycles. The first-order valence-electron chi connectivity index (χ1n) is 5.38. The van der Waals surface area contributed by atoms with E-state index >= 15 is 0 Å². The Kier molecular flexibility index (Phi) is 2.90. The van der Waals surface area contributed by atoms with E-state index in [0.29, 0.717) is 12.3 Å². The maximum atomic E-state index is 11.6. The van der Waals surface area contributed by atoms with Gasteiger partial charge in [0.15, 0.2) is 5.65 Å². The van der Waals surface area contributed by atoms with Crippen LogP contribution in [0.4, 0.5) is 5.69 Å². The monoisotopic (exact) mass is 217 g/mol. The Labute approximate surface area is 94.3 Å². The average Bonchev–Trinajstić information content (AvgIpc) is 2.65. The molecule has 0 saturated carbocycles. The molecule has 4 nitrogen and oxygen atoms in total. The van der Waals surface area contributed by atoms with Gasteiger partial charge in [-0.3, -0.25) is 4.79 Å². The molecule has 16 heavy (non-hydrogen) atoms. The van der Waals surface area contributed by atoms with Gasteiger partial charge < -0.3 is 9.72 Å². The molecule has 0 aromatic carbocycles. The molecule has 1 amide bonds. The van der Waals surface area contributed by atoms with Gasteiger partial charge in [0.05, 0.1) is 5.69 Å². The number of pyridine rings is 1. The lowest BCUT2D eigenvalue weighted by Crippen LogP contribution is -2.14. The number of nitrogens with zero attached hydrogens (tertiary/aromatic N) is 2. The van der Waals surface area contributed by atoms with Crippen molar-refractivity contribution in [1.29, 1.82) is 0 Å². The lowest BCUT2D eigenvalue weighted by atomic mass is 10.1. The largest absolute Gasteiger partial charge is 0.323 e. The fourth-order valence-electron chi connectivity index (χ4n) is 1.62. The minimum atomic E-state index is 0.0334. The van der Waals surface area contributed by atoms with Crippen LogP contribution in [0.25, 0.3) is 5.65 Å². The van der Waals surface area contributed by atoms with Gasteiger partial charge in [-0.1, -0.05) is 13.8 Å². The number of carbonyl (C=O) groups excluding carboxylic acids is 1. The number of carbonyl (C=O) groups is 1. The van der Waals surface area contributed by atoms with E-state index < -0.39 is 0 Å². The Hall–Kier alpha value is -1.84. The molecule has 0 fully saturated rings. The predicted octanol–water partition coefficient (Wildman–Crippen LogP) is 2.32. The van der Waals surface area contributed by atoms with Gasteiger partial charge in [0.25, 0.3) is 0 Å². The fourth-order valence-corrected chi connectivity index (χ4v) is 1.62. The fraction of sp³-hybridized carbons (Fsp3) is 0.333. The van der Waals surface area contributed by atoms with Crippen molar-refractivity contribution in [3.63, 3.8) is 0 Å². The minimum absolute atomic E-state index is 0.0334. The number of aromatic nitrogens is 2.